The van der Waals surface area contributed by atoms with E-state index in [1.54, 1.807) is 6.26 Å². The van der Waals surface area contributed by atoms with Crippen LogP contribution >= 0.6 is 0 Å². The standard InChI is InChI=1S/C25H28N4O2/c1-26-25(29-13-12-22(18-29)20-8-3-2-4-9-20)28-16-19-7-5-10-21(15-19)24(30)27-17-23-11-6-14-31-23/h2-11,14-15,22H,12-13,16-18H2,1H3,(H,26,28)(H,27,30). The summed E-state index contributed by atoms with van der Waals surface area (Å²) >= 11 is 0. The lowest BCUT2D eigenvalue weighted by atomic mass is 9.99. The molecule has 0 radical (unpaired) electrons. The first kappa shape index (κ1) is 20.7. The van der Waals surface area contributed by atoms with Crippen LogP contribution in [0.3, 0.4) is 0 Å². The molecule has 2 N–H and O–H groups in total. The van der Waals surface area contributed by atoms with Crippen LogP contribution in [0, 0.1) is 0 Å². The Hall–Kier alpha value is -3.54. The van der Waals surface area contributed by atoms with Gasteiger partial charge in [-0.3, -0.25) is 9.79 Å². The molecule has 160 valence electrons. The van der Waals surface area contributed by atoms with Crippen molar-refractivity contribution < 1.29 is 9.21 Å². The first-order valence-corrected chi connectivity index (χ1v) is 10.6. The van der Waals surface area contributed by atoms with Gasteiger partial charge >= 0.3 is 0 Å². The summed E-state index contributed by atoms with van der Waals surface area (Å²) in [6, 6.07) is 22.0. The topological polar surface area (TPSA) is 69.9 Å². The Kier molecular flexibility index (Phi) is 6.67. The highest BCUT2D eigenvalue weighted by molar-refractivity contribution is 5.94. The predicted octanol–water partition coefficient (Wildman–Crippen LogP) is 3.77. The summed E-state index contributed by atoms with van der Waals surface area (Å²) in [5.41, 5.74) is 3.05. The second kappa shape index (κ2) is 9.98. The first-order valence-electron chi connectivity index (χ1n) is 10.6. The molecule has 2 heterocycles. The average Bonchev–Trinajstić information content (AvgIpc) is 3.51. The number of nitrogens with one attached hydrogen (secondary N) is 2. The van der Waals surface area contributed by atoms with Crippen LogP contribution in [0.2, 0.25) is 0 Å². The molecule has 3 aromatic rings. The molecule has 1 unspecified atom stereocenters. The van der Waals surface area contributed by atoms with Crippen molar-refractivity contribution in [3.05, 3.63) is 95.4 Å². The van der Waals surface area contributed by atoms with Crippen molar-refractivity contribution in [2.75, 3.05) is 20.1 Å². The Bertz CT molecular complexity index is 1020. The SMILES string of the molecule is CN=C(NCc1cccc(C(=O)NCc2ccco2)c1)N1CCC(c2ccccc2)C1. The lowest BCUT2D eigenvalue weighted by Gasteiger charge is -2.22. The predicted molar refractivity (Wildman–Crippen MR) is 122 cm³/mol. The van der Waals surface area contributed by atoms with Crippen LogP contribution in [-0.4, -0.2) is 36.9 Å². The zero-order valence-corrected chi connectivity index (χ0v) is 17.8. The maximum atomic E-state index is 12.5. The molecule has 0 spiro atoms. The molecule has 2 aromatic carbocycles. The van der Waals surface area contributed by atoms with Crippen molar-refractivity contribution in [1.82, 2.24) is 15.5 Å². The van der Waals surface area contributed by atoms with E-state index in [2.05, 4.69) is 50.9 Å². The molecule has 0 aliphatic carbocycles. The lowest BCUT2D eigenvalue weighted by Crippen LogP contribution is -2.39. The van der Waals surface area contributed by atoms with Crippen LogP contribution in [0.15, 0.2) is 82.4 Å². The summed E-state index contributed by atoms with van der Waals surface area (Å²) in [6.07, 6.45) is 2.72. The van der Waals surface area contributed by atoms with E-state index in [4.69, 9.17) is 4.42 Å². The minimum atomic E-state index is -0.118. The Labute approximate surface area is 183 Å². The number of hydrogen-bond acceptors (Lipinski definition) is 3. The number of carbonyl (C=O) groups excluding carboxylic acids is 1. The number of nitrogens with zero attached hydrogens (tertiary/aromatic N) is 2. The molecule has 1 fully saturated rings. The Morgan fingerprint density at radius 1 is 1.06 bits per heavy atom. The Balaban J connectivity index is 1.32. The van der Waals surface area contributed by atoms with Crippen LogP contribution in [0.1, 0.15) is 39.6 Å². The molecule has 0 bridgehead atoms. The molecule has 6 nitrogen and oxygen atoms in total. The molecule has 31 heavy (non-hydrogen) atoms. The number of amides is 1. The lowest BCUT2D eigenvalue weighted by molar-refractivity contribution is 0.0948. The second-order valence-electron chi connectivity index (χ2n) is 7.71. The number of likely N-dealkylation sites (tertiary alicyclic amines) is 1. The summed E-state index contributed by atoms with van der Waals surface area (Å²) in [7, 11) is 1.82. The highest BCUT2D eigenvalue weighted by Crippen LogP contribution is 2.26. The van der Waals surface area contributed by atoms with Crippen molar-refractivity contribution in [3.63, 3.8) is 0 Å². The van der Waals surface area contributed by atoms with E-state index >= 15 is 0 Å². The highest BCUT2D eigenvalue weighted by atomic mass is 16.3. The average molecular weight is 417 g/mol. The number of guanidine groups is 1. The van der Waals surface area contributed by atoms with Crippen LogP contribution in [0.25, 0.3) is 0 Å². The number of hydrogen-bond donors (Lipinski definition) is 2. The van der Waals surface area contributed by atoms with Gasteiger partial charge < -0.3 is 20.0 Å². The van der Waals surface area contributed by atoms with Crippen LogP contribution in [0.5, 0.6) is 0 Å². The van der Waals surface area contributed by atoms with Crippen LogP contribution < -0.4 is 10.6 Å². The van der Waals surface area contributed by atoms with Gasteiger partial charge in [-0.15, -0.1) is 0 Å². The van der Waals surface area contributed by atoms with E-state index in [1.165, 1.54) is 5.56 Å². The summed E-state index contributed by atoms with van der Waals surface area (Å²) in [6.45, 7) is 2.92. The van der Waals surface area contributed by atoms with Gasteiger partial charge in [-0.2, -0.15) is 0 Å². The quantitative estimate of drug-likeness (QED) is 0.474. The van der Waals surface area contributed by atoms with Gasteiger partial charge in [-0.1, -0.05) is 42.5 Å². The molecule has 1 aromatic heterocycles. The maximum absolute atomic E-state index is 12.5. The summed E-state index contributed by atoms with van der Waals surface area (Å²) in [5.74, 6) is 2.04. The van der Waals surface area contributed by atoms with Gasteiger partial charge in [-0.05, 0) is 41.8 Å². The number of rotatable bonds is 6. The van der Waals surface area contributed by atoms with E-state index in [-0.39, 0.29) is 5.91 Å². The third-order valence-electron chi connectivity index (χ3n) is 5.61. The first-order chi connectivity index (χ1) is 15.2. The molecular weight excluding hydrogens is 388 g/mol. The minimum Gasteiger partial charge on any atom is -0.467 e. The van der Waals surface area contributed by atoms with Crippen molar-refractivity contribution in [1.29, 1.82) is 0 Å². The van der Waals surface area contributed by atoms with E-state index < -0.39 is 0 Å². The van der Waals surface area contributed by atoms with Gasteiger partial charge in [0.05, 0.1) is 12.8 Å². The maximum Gasteiger partial charge on any atom is 0.251 e. The van der Waals surface area contributed by atoms with Gasteiger partial charge in [0.2, 0.25) is 0 Å². The van der Waals surface area contributed by atoms with E-state index in [1.807, 2.05) is 43.4 Å². The largest absolute Gasteiger partial charge is 0.467 e. The number of furan rings is 1. The third-order valence-corrected chi connectivity index (χ3v) is 5.61. The normalized spacial score (nSPS) is 16.4. The molecule has 4 rings (SSSR count). The molecule has 1 atom stereocenters. The van der Waals surface area contributed by atoms with Gasteiger partial charge in [0.1, 0.15) is 5.76 Å². The zero-order valence-electron chi connectivity index (χ0n) is 17.8. The van der Waals surface area contributed by atoms with Crippen LogP contribution in [-0.2, 0) is 13.1 Å². The fraction of sp³-hybridized carbons (Fsp3) is 0.280. The Morgan fingerprint density at radius 2 is 1.94 bits per heavy atom. The third kappa shape index (κ3) is 5.34. The molecule has 6 heteroatoms. The smallest absolute Gasteiger partial charge is 0.251 e. The molecule has 1 aliphatic heterocycles. The Morgan fingerprint density at radius 3 is 2.71 bits per heavy atom. The van der Waals surface area contributed by atoms with Gasteiger partial charge in [0.25, 0.3) is 5.91 Å². The van der Waals surface area contributed by atoms with Gasteiger partial charge in [-0.25, -0.2) is 0 Å². The van der Waals surface area contributed by atoms with E-state index in [0.717, 1.165) is 36.8 Å². The molecule has 1 aliphatic rings. The van der Waals surface area contributed by atoms with Crippen molar-refractivity contribution >= 4 is 11.9 Å². The van der Waals surface area contributed by atoms with Crippen molar-refractivity contribution in [2.24, 2.45) is 4.99 Å². The fourth-order valence-electron chi connectivity index (χ4n) is 3.97. The highest BCUT2D eigenvalue weighted by Gasteiger charge is 2.25. The summed E-state index contributed by atoms with van der Waals surface area (Å²) in [4.78, 5) is 19.2. The number of carbonyl (C=O) groups is 1. The number of benzene rings is 2. The monoisotopic (exact) mass is 416 g/mol. The van der Waals surface area contributed by atoms with Crippen molar-refractivity contribution in [2.45, 2.75) is 25.4 Å². The van der Waals surface area contributed by atoms with Crippen molar-refractivity contribution in [3.8, 4) is 0 Å². The minimum absolute atomic E-state index is 0.118. The van der Waals surface area contributed by atoms with E-state index in [9.17, 15) is 4.79 Å². The molecule has 0 saturated carbocycles. The van der Waals surface area contributed by atoms with Gasteiger partial charge in [0, 0.05) is 38.2 Å². The molecular formula is C25H28N4O2. The molecule has 1 saturated heterocycles. The molecule has 1 amide bonds. The zero-order chi connectivity index (χ0) is 21.5. The fourth-order valence-corrected chi connectivity index (χ4v) is 3.97. The van der Waals surface area contributed by atoms with Gasteiger partial charge in [0.15, 0.2) is 5.96 Å². The van der Waals surface area contributed by atoms with Crippen LogP contribution in [0.4, 0.5) is 0 Å². The summed E-state index contributed by atoms with van der Waals surface area (Å²) in [5, 5.41) is 6.33. The summed E-state index contributed by atoms with van der Waals surface area (Å²) < 4.78 is 5.26. The number of aliphatic imine (C=N–C) groups is 1. The van der Waals surface area contributed by atoms with E-state index in [0.29, 0.717) is 24.6 Å². The second-order valence-corrected chi connectivity index (χ2v) is 7.71.